The molecule has 208 valence electrons. The van der Waals surface area contributed by atoms with Crippen molar-refractivity contribution < 1.29 is 14.1 Å². The van der Waals surface area contributed by atoms with Gasteiger partial charge in [-0.1, -0.05) is 44.2 Å². The fraction of sp³-hybridized carbons (Fsp3) is 0.0938. The lowest BCUT2D eigenvalue weighted by molar-refractivity contribution is -0.384. The normalized spacial score (nSPS) is 12.2. The summed E-state index contributed by atoms with van der Waals surface area (Å²) < 4.78 is 7.68. The van der Waals surface area contributed by atoms with Crippen LogP contribution in [-0.2, 0) is 4.79 Å². The first-order valence-corrected chi connectivity index (χ1v) is 13.8. The maximum atomic E-state index is 13.7. The maximum absolute atomic E-state index is 13.7. The Kier molecular flexibility index (Phi) is 7.95. The fourth-order valence-electron chi connectivity index (χ4n) is 4.26. The van der Waals surface area contributed by atoms with E-state index < -0.39 is 16.4 Å². The van der Waals surface area contributed by atoms with E-state index >= 15 is 0 Å². The molecule has 0 unspecified atom stereocenters. The molecule has 9 nitrogen and oxygen atoms in total. The molecule has 0 aliphatic rings. The van der Waals surface area contributed by atoms with Crippen LogP contribution in [0.3, 0.4) is 0 Å². The molecule has 5 aromatic rings. The number of para-hydroxylation sites is 1. The number of thiazole rings is 1. The van der Waals surface area contributed by atoms with Crippen molar-refractivity contribution in [3.05, 3.63) is 132 Å². The number of anilines is 1. The monoisotopic (exact) mass is 576 g/mol. The molecule has 0 atom stereocenters. The molecule has 0 bridgehead atoms. The number of carbonyl (C=O) groups excluding carboxylic acids is 1. The number of carbonyl (C=O) groups is 1. The average Bonchev–Trinajstić information content (AvgIpc) is 3.58. The van der Waals surface area contributed by atoms with Gasteiger partial charge >= 0.3 is 0 Å². The van der Waals surface area contributed by atoms with Crippen LogP contribution in [0.4, 0.5) is 11.4 Å². The van der Waals surface area contributed by atoms with Crippen LogP contribution in [0.25, 0.3) is 28.7 Å². The topological polar surface area (TPSA) is 131 Å². The summed E-state index contributed by atoms with van der Waals surface area (Å²) in [6.07, 6.45) is 1.54. The summed E-state index contributed by atoms with van der Waals surface area (Å²) in [5.41, 5.74) is 2.11. The smallest absolute Gasteiger partial charge is 0.273 e. The van der Waals surface area contributed by atoms with Crippen LogP contribution >= 0.6 is 11.3 Å². The third-order valence-corrected chi connectivity index (χ3v) is 7.58. The van der Waals surface area contributed by atoms with Crippen LogP contribution in [-0.4, -0.2) is 15.4 Å². The Morgan fingerprint density at radius 1 is 1.02 bits per heavy atom. The van der Waals surface area contributed by atoms with E-state index in [1.165, 1.54) is 16.7 Å². The zero-order valence-corrected chi connectivity index (χ0v) is 23.4. The summed E-state index contributed by atoms with van der Waals surface area (Å²) in [5.74, 6) is 0.521. The van der Waals surface area contributed by atoms with E-state index in [-0.39, 0.29) is 20.5 Å². The summed E-state index contributed by atoms with van der Waals surface area (Å²) in [6.45, 7) is 4.14. The number of benzene rings is 3. The van der Waals surface area contributed by atoms with E-state index in [0.717, 1.165) is 16.9 Å². The van der Waals surface area contributed by atoms with Gasteiger partial charge in [0.05, 0.1) is 15.1 Å². The molecule has 0 fully saturated rings. The molecule has 0 saturated carbocycles. The van der Waals surface area contributed by atoms with Crippen LogP contribution in [0.15, 0.2) is 100 Å². The summed E-state index contributed by atoms with van der Waals surface area (Å²) in [5, 5.41) is 23.8. The molecule has 1 N–H and O–H groups in total. The quantitative estimate of drug-likeness (QED) is 0.206. The molecule has 0 aliphatic heterocycles. The molecule has 5 rings (SSSR count). The zero-order valence-electron chi connectivity index (χ0n) is 22.6. The predicted molar refractivity (Wildman–Crippen MR) is 162 cm³/mol. The number of furan rings is 1. The number of hydrogen-bond acceptors (Lipinski definition) is 7. The van der Waals surface area contributed by atoms with Gasteiger partial charge in [0.25, 0.3) is 17.2 Å². The zero-order chi connectivity index (χ0) is 29.8. The number of aromatic nitrogens is 1. The maximum Gasteiger partial charge on any atom is 0.273 e. The lowest BCUT2D eigenvalue weighted by Crippen LogP contribution is -2.32. The van der Waals surface area contributed by atoms with E-state index in [1.807, 2.05) is 18.2 Å². The van der Waals surface area contributed by atoms with E-state index in [9.17, 15) is 25.0 Å². The van der Waals surface area contributed by atoms with Gasteiger partial charge in [-0.05, 0) is 60.0 Å². The fourth-order valence-corrected chi connectivity index (χ4v) is 5.35. The molecule has 1 amide bonds. The number of non-ortho nitro benzene ring substituents is 1. The van der Waals surface area contributed by atoms with E-state index in [4.69, 9.17) is 4.42 Å². The largest absolute Gasteiger partial charge is 0.457 e. The number of hydrogen-bond donors (Lipinski definition) is 1. The molecule has 3 aromatic carbocycles. The number of nitro benzene ring substituents is 1. The second kappa shape index (κ2) is 11.9. The first-order chi connectivity index (χ1) is 20.2. The van der Waals surface area contributed by atoms with E-state index in [2.05, 4.69) is 19.2 Å². The van der Waals surface area contributed by atoms with Crippen molar-refractivity contribution >= 4 is 40.3 Å². The van der Waals surface area contributed by atoms with Crippen molar-refractivity contribution in [1.29, 1.82) is 5.26 Å². The second-order valence-electron chi connectivity index (χ2n) is 9.62. The molecular formula is C32H24N4O5S. The predicted octanol–water partition coefficient (Wildman–Crippen LogP) is 5.33. The molecule has 42 heavy (non-hydrogen) atoms. The van der Waals surface area contributed by atoms with Crippen LogP contribution in [0.1, 0.15) is 31.1 Å². The van der Waals surface area contributed by atoms with E-state index in [0.29, 0.717) is 34.4 Å². The number of amides is 1. The lowest BCUT2D eigenvalue weighted by Gasteiger charge is -2.08. The van der Waals surface area contributed by atoms with Gasteiger partial charge in [-0.2, -0.15) is 5.26 Å². The Balaban J connectivity index is 1.59. The number of nitriles is 1. The van der Waals surface area contributed by atoms with Gasteiger partial charge in [0.15, 0.2) is 5.57 Å². The van der Waals surface area contributed by atoms with Crippen molar-refractivity contribution in [2.45, 2.75) is 19.8 Å². The molecule has 0 saturated heterocycles. The van der Waals surface area contributed by atoms with Gasteiger partial charge in [0, 0.05) is 29.5 Å². The third-order valence-electron chi connectivity index (χ3n) is 6.49. The summed E-state index contributed by atoms with van der Waals surface area (Å²) >= 11 is 1.00. The van der Waals surface area contributed by atoms with Gasteiger partial charge in [-0.15, -0.1) is 11.3 Å². The van der Waals surface area contributed by atoms with Gasteiger partial charge in [0.2, 0.25) is 0 Å². The molecule has 0 spiro atoms. The molecule has 2 aromatic heterocycles. The van der Waals surface area contributed by atoms with Crippen molar-refractivity contribution in [2.24, 2.45) is 0 Å². The van der Waals surface area contributed by atoms with Crippen molar-refractivity contribution in [3.63, 3.8) is 0 Å². The molecule has 2 heterocycles. The summed E-state index contributed by atoms with van der Waals surface area (Å²) in [4.78, 5) is 37.4. The molecular weight excluding hydrogens is 552 g/mol. The van der Waals surface area contributed by atoms with Gasteiger partial charge in [-0.3, -0.25) is 24.3 Å². The van der Waals surface area contributed by atoms with Crippen molar-refractivity contribution in [2.75, 3.05) is 5.32 Å². The average molecular weight is 577 g/mol. The van der Waals surface area contributed by atoms with Gasteiger partial charge < -0.3 is 9.73 Å². The highest BCUT2D eigenvalue weighted by atomic mass is 32.1. The number of nitrogens with zero attached hydrogens (tertiary/aromatic N) is 3. The highest BCUT2D eigenvalue weighted by Crippen LogP contribution is 2.25. The molecule has 10 heteroatoms. The highest BCUT2D eigenvalue weighted by molar-refractivity contribution is 7.07. The van der Waals surface area contributed by atoms with Crippen LogP contribution in [0.5, 0.6) is 0 Å². The minimum absolute atomic E-state index is 0.0363. The van der Waals surface area contributed by atoms with Crippen molar-refractivity contribution in [1.82, 2.24) is 4.57 Å². The lowest BCUT2D eigenvalue weighted by atomic mass is 10.0. The first-order valence-electron chi connectivity index (χ1n) is 12.9. The van der Waals surface area contributed by atoms with Gasteiger partial charge in [-0.25, -0.2) is 0 Å². The first kappa shape index (κ1) is 28.0. The minimum atomic E-state index is -0.634. The number of nitro groups is 1. The summed E-state index contributed by atoms with van der Waals surface area (Å²) in [6, 6.07) is 27.4. The minimum Gasteiger partial charge on any atom is -0.457 e. The third kappa shape index (κ3) is 5.82. The standard InChI is InChI=1S/C32H24N4O5S/c1-20(2)21-8-12-23(13-9-21)34-30(37)27(19-33)32-35(24-6-4-3-5-7-24)31(38)29(42-32)18-26-16-17-28(41-26)22-10-14-25(15-11-22)36(39)40/h3-18,20H,1-2H3,(H,34,37). The Hall–Kier alpha value is -5.53. The SMILES string of the molecule is CC(C)c1ccc(NC(=O)C(C#N)=c2sc(=Cc3ccc(-c4ccc([N+](=O)[O-])cc4)o3)c(=O)n2-c2ccccc2)cc1. The Morgan fingerprint density at radius 2 is 1.71 bits per heavy atom. The van der Waals surface area contributed by atoms with Crippen molar-refractivity contribution in [3.8, 4) is 23.1 Å². The van der Waals surface area contributed by atoms with Crippen LogP contribution < -0.4 is 20.1 Å². The Morgan fingerprint density at radius 3 is 2.33 bits per heavy atom. The molecule has 0 radical (unpaired) electrons. The Labute approximate surface area is 244 Å². The van der Waals surface area contributed by atoms with Crippen LogP contribution in [0.2, 0.25) is 0 Å². The van der Waals surface area contributed by atoms with Gasteiger partial charge in [0.1, 0.15) is 22.3 Å². The highest BCUT2D eigenvalue weighted by Gasteiger charge is 2.18. The number of nitrogens with one attached hydrogen (secondary N) is 1. The van der Waals surface area contributed by atoms with Crippen LogP contribution in [0, 0.1) is 21.4 Å². The Bertz CT molecular complexity index is 2000. The van der Waals surface area contributed by atoms with E-state index in [1.54, 1.807) is 72.8 Å². The summed E-state index contributed by atoms with van der Waals surface area (Å²) in [7, 11) is 0. The number of rotatable bonds is 7. The second-order valence-corrected chi connectivity index (χ2v) is 10.6. The molecule has 0 aliphatic carbocycles.